The van der Waals surface area contributed by atoms with Crippen molar-refractivity contribution in [2.75, 3.05) is 34.0 Å². The quantitative estimate of drug-likeness (QED) is 0.0719. The molecule has 0 unspecified atom stereocenters. The van der Waals surface area contributed by atoms with Gasteiger partial charge in [-0.2, -0.15) is 0 Å². The van der Waals surface area contributed by atoms with Crippen LogP contribution in [0.2, 0.25) is 0 Å². The van der Waals surface area contributed by atoms with Crippen molar-refractivity contribution in [2.45, 2.75) is 68.7 Å². The lowest BCUT2D eigenvalue weighted by Gasteiger charge is -2.43. The summed E-state index contributed by atoms with van der Waals surface area (Å²) in [4.78, 5) is 48.5. The average molecular weight is 779 g/mol. The van der Waals surface area contributed by atoms with Crippen LogP contribution in [-0.2, 0) is 42.9 Å². The molecule has 0 spiro atoms. The molecule has 2 aliphatic heterocycles. The fraction of sp³-hybridized carbons (Fsp3) is 0.444. The van der Waals surface area contributed by atoms with Gasteiger partial charge in [-0.25, -0.2) is 9.59 Å². The van der Waals surface area contributed by atoms with E-state index >= 15 is 0 Å². The topological polar surface area (TPSA) is 273 Å². The molecule has 0 aliphatic carbocycles. The van der Waals surface area contributed by atoms with Gasteiger partial charge in [-0.15, -0.1) is 0 Å². The predicted molar refractivity (Wildman–Crippen MR) is 183 cm³/mol. The Morgan fingerprint density at radius 1 is 0.727 bits per heavy atom. The van der Waals surface area contributed by atoms with Gasteiger partial charge >= 0.3 is 23.9 Å². The minimum absolute atomic E-state index is 0.122. The molecule has 300 valence electrons. The van der Waals surface area contributed by atoms with Crippen LogP contribution in [0.15, 0.2) is 48.6 Å². The van der Waals surface area contributed by atoms with E-state index in [-0.39, 0.29) is 23.0 Å². The maximum absolute atomic E-state index is 13.1. The number of rotatable bonds is 15. The van der Waals surface area contributed by atoms with E-state index in [1.54, 1.807) is 0 Å². The largest absolute Gasteiger partial charge is 0.493 e. The Balaban J connectivity index is 1.54. The normalized spacial score (nSPS) is 27.8. The van der Waals surface area contributed by atoms with Gasteiger partial charge in [-0.1, -0.05) is 12.1 Å². The first kappa shape index (κ1) is 42.8. The minimum atomic E-state index is -2.54. The standard InChI is InChI=1S/C36H42O19/c1-18(39)50-22-9-5-20(13-24(22)47-3)7-11-28(41)49-16-27-31(44)34(36(17-38,54-27)55-35-33(46)32(45)30(43)26(15-37)52-35)53-29(42)12-8-21-6-10-23(51-19(2)40)25(14-21)48-4/h5-14,26-27,30-35,37-38,43-46H,15-17H2,1-4H3/b11-7+,12-8+/t26-,27-,30-,31-,32+,33-,34+,35-,36+/m1/s1. The molecule has 19 nitrogen and oxygen atoms in total. The first-order valence-electron chi connectivity index (χ1n) is 16.6. The van der Waals surface area contributed by atoms with Gasteiger partial charge in [0.25, 0.3) is 0 Å². The highest BCUT2D eigenvalue weighted by Gasteiger charge is 2.61. The SMILES string of the molecule is COc1cc(/C=C/C(=O)OC[C@H]2O[C@@](CO)(O[C@H]3O[C@H](CO)[C@@H](O)[C@H](O)[C@H]3O)[C@@H](OC(=O)/C=C/c3ccc(OC(C)=O)c(OC)c3)[C@@H]2O)ccc1OC(C)=O. The molecule has 0 bridgehead atoms. The summed E-state index contributed by atoms with van der Waals surface area (Å²) in [7, 11) is 2.69. The Hall–Kier alpha value is -4.96. The molecule has 19 heteroatoms. The van der Waals surface area contributed by atoms with E-state index in [4.69, 9.17) is 42.6 Å². The van der Waals surface area contributed by atoms with E-state index in [1.807, 2.05) is 0 Å². The minimum Gasteiger partial charge on any atom is -0.493 e. The van der Waals surface area contributed by atoms with Crippen LogP contribution in [0.25, 0.3) is 12.2 Å². The van der Waals surface area contributed by atoms with Gasteiger partial charge in [0.15, 0.2) is 35.4 Å². The Bertz CT molecular complexity index is 1740. The van der Waals surface area contributed by atoms with Crippen LogP contribution in [0.1, 0.15) is 25.0 Å². The summed E-state index contributed by atoms with van der Waals surface area (Å²) >= 11 is 0. The number of carbonyl (C=O) groups is 4. The van der Waals surface area contributed by atoms with Crippen molar-refractivity contribution in [1.29, 1.82) is 0 Å². The van der Waals surface area contributed by atoms with Gasteiger partial charge in [0, 0.05) is 26.0 Å². The van der Waals surface area contributed by atoms with Crippen LogP contribution in [0.5, 0.6) is 23.0 Å². The zero-order valence-corrected chi connectivity index (χ0v) is 30.0. The lowest BCUT2D eigenvalue weighted by atomic mass is 9.99. The molecular formula is C36H42O19. The summed E-state index contributed by atoms with van der Waals surface area (Å²) in [5.41, 5.74) is 0.837. The van der Waals surface area contributed by atoms with Crippen LogP contribution in [0.4, 0.5) is 0 Å². The molecule has 2 saturated heterocycles. The number of hydrogen-bond donors (Lipinski definition) is 6. The highest BCUT2D eigenvalue weighted by Crippen LogP contribution is 2.38. The molecule has 4 rings (SSSR count). The van der Waals surface area contributed by atoms with E-state index in [1.165, 1.54) is 76.6 Å². The van der Waals surface area contributed by atoms with Crippen molar-refractivity contribution >= 4 is 36.0 Å². The molecule has 2 aromatic carbocycles. The van der Waals surface area contributed by atoms with E-state index < -0.39 is 98.5 Å². The first-order valence-corrected chi connectivity index (χ1v) is 16.6. The highest BCUT2D eigenvalue weighted by molar-refractivity contribution is 5.88. The zero-order chi connectivity index (χ0) is 40.4. The molecule has 2 aliphatic rings. The number of carbonyl (C=O) groups excluding carboxylic acids is 4. The Labute approximate surface area is 313 Å². The number of aliphatic hydroxyl groups is 6. The fourth-order valence-corrected chi connectivity index (χ4v) is 5.52. The number of methoxy groups -OCH3 is 2. The summed E-state index contributed by atoms with van der Waals surface area (Å²) in [6.45, 7) is -0.273. The second kappa shape index (κ2) is 19.1. The number of hydrogen-bond acceptors (Lipinski definition) is 19. The number of ether oxygens (including phenoxy) is 9. The first-order chi connectivity index (χ1) is 26.1. The zero-order valence-electron chi connectivity index (χ0n) is 30.0. The van der Waals surface area contributed by atoms with Crippen LogP contribution >= 0.6 is 0 Å². The molecule has 0 saturated carbocycles. The molecule has 0 amide bonds. The van der Waals surface area contributed by atoms with Crippen LogP contribution in [0.3, 0.4) is 0 Å². The molecule has 2 aromatic rings. The maximum Gasteiger partial charge on any atom is 0.331 e. The fourth-order valence-electron chi connectivity index (χ4n) is 5.52. The van der Waals surface area contributed by atoms with Crippen LogP contribution in [-0.4, -0.2) is 143 Å². The third-order valence-electron chi connectivity index (χ3n) is 8.20. The average Bonchev–Trinajstić information content (AvgIpc) is 3.41. The van der Waals surface area contributed by atoms with Crippen molar-refractivity contribution in [3.63, 3.8) is 0 Å². The van der Waals surface area contributed by atoms with Crippen molar-refractivity contribution in [2.24, 2.45) is 0 Å². The Kier molecular flexibility index (Phi) is 14.8. The summed E-state index contributed by atoms with van der Waals surface area (Å²) in [5, 5.41) is 62.6. The Morgan fingerprint density at radius 3 is 1.76 bits per heavy atom. The molecule has 0 radical (unpaired) electrons. The van der Waals surface area contributed by atoms with Gasteiger partial charge < -0.3 is 73.3 Å². The van der Waals surface area contributed by atoms with Gasteiger partial charge in [0.2, 0.25) is 5.79 Å². The maximum atomic E-state index is 13.1. The van der Waals surface area contributed by atoms with Crippen molar-refractivity contribution in [1.82, 2.24) is 0 Å². The van der Waals surface area contributed by atoms with Gasteiger partial charge in [-0.3, -0.25) is 9.59 Å². The van der Waals surface area contributed by atoms with E-state index in [0.717, 1.165) is 12.2 Å². The molecular weight excluding hydrogens is 736 g/mol. The molecule has 2 heterocycles. The van der Waals surface area contributed by atoms with Gasteiger partial charge in [-0.05, 0) is 47.5 Å². The summed E-state index contributed by atoms with van der Waals surface area (Å²) in [6.07, 6.45) is -9.76. The second-order valence-electron chi connectivity index (χ2n) is 12.1. The van der Waals surface area contributed by atoms with Gasteiger partial charge in [0.1, 0.15) is 49.8 Å². The van der Waals surface area contributed by atoms with Crippen LogP contribution < -0.4 is 18.9 Å². The molecule has 55 heavy (non-hydrogen) atoms. The van der Waals surface area contributed by atoms with E-state index in [9.17, 15) is 49.8 Å². The summed E-state index contributed by atoms with van der Waals surface area (Å²) in [6, 6.07) is 8.83. The number of esters is 4. The smallest absolute Gasteiger partial charge is 0.331 e. The molecule has 9 atom stereocenters. The van der Waals surface area contributed by atoms with Crippen molar-refractivity contribution in [3.05, 3.63) is 59.7 Å². The molecule has 6 N–H and O–H groups in total. The third kappa shape index (κ3) is 10.6. The summed E-state index contributed by atoms with van der Waals surface area (Å²) in [5.74, 6) is -5.08. The monoisotopic (exact) mass is 778 g/mol. The second-order valence-corrected chi connectivity index (χ2v) is 12.1. The van der Waals surface area contributed by atoms with Gasteiger partial charge in [0.05, 0.1) is 20.8 Å². The molecule has 2 fully saturated rings. The Morgan fingerprint density at radius 2 is 1.27 bits per heavy atom. The van der Waals surface area contributed by atoms with Crippen molar-refractivity contribution < 1.29 is 92.4 Å². The predicted octanol–water partition coefficient (Wildman–Crippen LogP) is -0.999. The number of benzene rings is 2. The molecule has 0 aromatic heterocycles. The summed E-state index contributed by atoms with van der Waals surface area (Å²) < 4.78 is 48.2. The lowest BCUT2D eigenvalue weighted by molar-refractivity contribution is -0.383. The van der Waals surface area contributed by atoms with Crippen LogP contribution in [0, 0.1) is 0 Å². The third-order valence-corrected chi connectivity index (χ3v) is 8.20. The number of aliphatic hydroxyl groups excluding tert-OH is 6. The lowest BCUT2D eigenvalue weighted by Crippen LogP contribution is -2.63. The van der Waals surface area contributed by atoms with Crippen molar-refractivity contribution in [3.8, 4) is 23.0 Å². The van der Waals surface area contributed by atoms with E-state index in [0.29, 0.717) is 11.1 Å². The highest BCUT2D eigenvalue weighted by atomic mass is 16.8. The van der Waals surface area contributed by atoms with E-state index in [2.05, 4.69) is 0 Å².